The van der Waals surface area contributed by atoms with E-state index in [0.717, 1.165) is 44.9 Å². The number of aliphatic hydroxyl groups excluding tert-OH is 2. The van der Waals surface area contributed by atoms with Gasteiger partial charge in [0.25, 0.3) is 0 Å². The molecule has 0 heterocycles. The average molecular weight is 971 g/mol. The maximum absolute atomic E-state index is 12.4. The molecule has 0 saturated heterocycles. The van der Waals surface area contributed by atoms with Crippen LogP contribution in [-0.2, 0) is 14.3 Å². The minimum Gasteiger partial charge on any atom is -0.466 e. The van der Waals surface area contributed by atoms with Gasteiger partial charge in [0, 0.05) is 12.8 Å². The zero-order chi connectivity index (χ0) is 50.0. The van der Waals surface area contributed by atoms with Crippen LogP contribution >= 0.6 is 0 Å². The summed E-state index contributed by atoms with van der Waals surface area (Å²) >= 11 is 0. The Morgan fingerprint density at radius 1 is 0.406 bits per heavy atom. The van der Waals surface area contributed by atoms with Gasteiger partial charge in [-0.2, -0.15) is 0 Å². The molecule has 0 radical (unpaired) electrons. The van der Waals surface area contributed by atoms with Gasteiger partial charge in [0.15, 0.2) is 0 Å². The molecular weight excluding hydrogens is 851 g/mol. The van der Waals surface area contributed by atoms with E-state index >= 15 is 0 Å². The topological polar surface area (TPSA) is 95.9 Å². The quantitative estimate of drug-likeness (QED) is 0.0321. The number of allylic oxidation sites excluding steroid dienone is 5. The van der Waals surface area contributed by atoms with Crippen molar-refractivity contribution in [2.75, 3.05) is 13.2 Å². The summed E-state index contributed by atoms with van der Waals surface area (Å²) in [6.45, 7) is 4.90. The molecule has 6 nitrogen and oxygen atoms in total. The fraction of sp³-hybridized carbons (Fsp3) is 0.873. The van der Waals surface area contributed by atoms with Crippen LogP contribution in [0.4, 0.5) is 0 Å². The van der Waals surface area contributed by atoms with E-state index in [1.54, 1.807) is 6.08 Å². The molecule has 1 amide bonds. The second-order valence-electron chi connectivity index (χ2n) is 21.0. The Kier molecular flexibility index (Phi) is 57.0. The molecule has 0 rings (SSSR count). The Morgan fingerprint density at radius 2 is 0.725 bits per heavy atom. The lowest BCUT2D eigenvalue weighted by atomic mass is 10.0. The predicted octanol–water partition coefficient (Wildman–Crippen LogP) is 19.2. The van der Waals surface area contributed by atoms with Crippen LogP contribution in [0.15, 0.2) is 36.5 Å². The highest BCUT2D eigenvalue weighted by Crippen LogP contribution is 2.17. The molecule has 0 aromatic heterocycles. The molecule has 0 bridgehead atoms. The number of hydrogen-bond acceptors (Lipinski definition) is 5. The van der Waals surface area contributed by atoms with Gasteiger partial charge in [0.1, 0.15) is 0 Å². The minimum absolute atomic E-state index is 0.0119. The van der Waals surface area contributed by atoms with Crippen molar-refractivity contribution in [3.05, 3.63) is 36.5 Å². The van der Waals surface area contributed by atoms with Crippen LogP contribution in [0.1, 0.15) is 328 Å². The second kappa shape index (κ2) is 58.6. The lowest BCUT2D eigenvalue weighted by molar-refractivity contribution is -0.143. The fourth-order valence-corrected chi connectivity index (χ4v) is 9.43. The molecule has 3 N–H and O–H groups in total. The number of carbonyl (C=O) groups excluding carboxylic acids is 2. The first-order valence-electron chi connectivity index (χ1n) is 30.8. The van der Waals surface area contributed by atoms with Crippen LogP contribution in [0, 0.1) is 0 Å². The Bertz CT molecular complexity index is 1120. The average Bonchev–Trinajstić information content (AvgIpc) is 3.35. The van der Waals surface area contributed by atoms with E-state index in [2.05, 4.69) is 43.5 Å². The summed E-state index contributed by atoms with van der Waals surface area (Å²) in [4.78, 5) is 24.5. The molecule has 2 atom stereocenters. The van der Waals surface area contributed by atoms with Gasteiger partial charge in [-0.05, 0) is 64.2 Å². The predicted molar refractivity (Wildman–Crippen MR) is 301 cm³/mol. The Morgan fingerprint density at radius 3 is 1.10 bits per heavy atom. The van der Waals surface area contributed by atoms with Gasteiger partial charge in [0.2, 0.25) is 5.91 Å². The van der Waals surface area contributed by atoms with Gasteiger partial charge in [-0.3, -0.25) is 9.59 Å². The van der Waals surface area contributed by atoms with Crippen molar-refractivity contribution in [3.8, 4) is 0 Å². The number of esters is 1. The molecule has 0 spiro atoms. The summed E-state index contributed by atoms with van der Waals surface area (Å²) in [7, 11) is 0. The molecule has 0 aliphatic carbocycles. The second-order valence-corrected chi connectivity index (χ2v) is 21.0. The fourth-order valence-electron chi connectivity index (χ4n) is 9.43. The van der Waals surface area contributed by atoms with Crippen molar-refractivity contribution in [2.24, 2.45) is 0 Å². The molecule has 69 heavy (non-hydrogen) atoms. The summed E-state index contributed by atoms with van der Waals surface area (Å²) in [5.74, 6) is -0.0632. The summed E-state index contributed by atoms with van der Waals surface area (Å²) in [5, 5.41) is 23.0. The van der Waals surface area contributed by atoms with Crippen LogP contribution in [0.3, 0.4) is 0 Å². The molecular formula is C63H119NO5. The van der Waals surface area contributed by atoms with Gasteiger partial charge in [0.05, 0.1) is 25.4 Å². The highest BCUT2D eigenvalue weighted by molar-refractivity contribution is 5.76. The van der Waals surface area contributed by atoms with Crippen LogP contribution in [0.2, 0.25) is 0 Å². The SMILES string of the molecule is CCCCCCCCCCC/C=C/C(O)C(CO)NC(=O)CCCCCCCCCCC/C=C\C/C=C\CCCCCCCCCCCOC(=O)CCCCCCCCCCCCCCCCCC. The molecule has 0 aliphatic heterocycles. The van der Waals surface area contributed by atoms with E-state index in [9.17, 15) is 19.8 Å². The summed E-state index contributed by atoms with van der Waals surface area (Å²) in [6, 6.07) is -0.631. The maximum Gasteiger partial charge on any atom is 0.305 e. The monoisotopic (exact) mass is 970 g/mol. The van der Waals surface area contributed by atoms with Crippen molar-refractivity contribution >= 4 is 11.9 Å². The lowest BCUT2D eigenvalue weighted by Crippen LogP contribution is -2.45. The molecule has 2 unspecified atom stereocenters. The van der Waals surface area contributed by atoms with Crippen LogP contribution in [0.25, 0.3) is 0 Å². The van der Waals surface area contributed by atoms with Crippen molar-refractivity contribution in [3.63, 3.8) is 0 Å². The van der Waals surface area contributed by atoms with Gasteiger partial charge in [-0.15, -0.1) is 0 Å². The summed E-state index contributed by atoms with van der Waals surface area (Å²) in [5.41, 5.74) is 0. The standard InChI is InChI=1S/C63H119NO5/c1-3-5-7-9-11-13-15-16-17-30-33-37-41-45-49-53-57-63(68)69-58-54-50-46-42-38-34-31-28-26-24-22-20-18-19-21-23-25-27-29-32-36-40-44-48-52-56-62(67)64-60(59-65)61(66)55-51-47-43-39-35-14-12-10-8-6-4-2/h19-22,51,55,60-61,65-66H,3-18,23-50,52-54,56-59H2,1-2H3,(H,64,67)/b21-19-,22-20-,55-51+. The number of ether oxygens (including phenoxy) is 1. The third-order valence-electron chi connectivity index (χ3n) is 14.2. The molecule has 0 aliphatic rings. The summed E-state index contributed by atoms with van der Waals surface area (Å²) < 4.78 is 5.49. The van der Waals surface area contributed by atoms with Crippen molar-refractivity contribution in [1.29, 1.82) is 0 Å². The van der Waals surface area contributed by atoms with E-state index in [-0.39, 0.29) is 18.5 Å². The van der Waals surface area contributed by atoms with Crippen LogP contribution < -0.4 is 5.32 Å². The number of rotatable bonds is 57. The minimum atomic E-state index is -0.847. The van der Waals surface area contributed by atoms with Crippen LogP contribution in [0.5, 0.6) is 0 Å². The number of aliphatic hydroxyl groups is 2. The van der Waals surface area contributed by atoms with Crippen LogP contribution in [-0.4, -0.2) is 47.4 Å². The van der Waals surface area contributed by atoms with E-state index in [4.69, 9.17) is 4.74 Å². The molecule has 0 fully saturated rings. The first-order valence-corrected chi connectivity index (χ1v) is 30.8. The molecule has 0 aromatic rings. The maximum atomic E-state index is 12.4. The van der Waals surface area contributed by atoms with Gasteiger partial charge in [-0.25, -0.2) is 0 Å². The van der Waals surface area contributed by atoms with E-state index < -0.39 is 12.1 Å². The Hall–Kier alpha value is -1.92. The van der Waals surface area contributed by atoms with Gasteiger partial charge >= 0.3 is 5.97 Å². The molecule has 0 saturated carbocycles. The zero-order valence-electron chi connectivity index (χ0n) is 46.3. The zero-order valence-corrected chi connectivity index (χ0v) is 46.3. The van der Waals surface area contributed by atoms with Gasteiger partial charge in [-0.1, -0.05) is 288 Å². The van der Waals surface area contributed by atoms with E-state index in [1.807, 2.05) is 6.08 Å². The number of hydrogen-bond donors (Lipinski definition) is 3. The molecule has 6 heteroatoms. The van der Waals surface area contributed by atoms with Crippen molar-refractivity contribution in [2.45, 2.75) is 341 Å². The Balaban J connectivity index is 3.42. The van der Waals surface area contributed by atoms with Crippen molar-refractivity contribution in [1.82, 2.24) is 5.32 Å². The first kappa shape index (κ1) is 67.1. The summed E-state index contributed by atoms with van der Waals surface area (Å²) in [6.07, 6.45) is 73.3. The number of nitrogens with one attached hydrogen (secondary N) is 1. The number of amides is 1. The first-order chi connectivity index (χ1) is 34.0. The highest BCUT2D eigenvalue weighted by Gasteiger charge is 2.18. The number of carbonyl (C=O) groups is 2. The normalized spacial score (nSPS) is 12.8. The highest BCUT2D eigenvalue weighted by atomic mass is 16.5. The molecule has 0 aromatic carbocycles. The Labute approximate surface area is 430 Å². The third kappa shape index (κ3) is 55.2. The number of unbranched alkanes of at least 4 members (excludes halogenated alkanes) is 42. The van der Waals surface area contributed by atoms with Gasteiger partial charge < -0.3 is 20.3 Å². The van der Waals surface area contributed by atoms with E-state index in [0.29, 0.717) is 19.4 Å². The largest absolute Gasteiger partial charge is 0.466 e. The van der Waals surface area contributed by atoms with E-state index in [1.165, 1.54) is 257 Å². The third-order valence-corrected chi connectivity index (χ3v) is 14.2. The van der Waals surface area contributed by atoms with Crippen molar-refractivity contribution < 1.29 is 24.5 Å². The lowest BCUT2D eigenvalue weighted by Gasteiger charge is -2.20. The molecule has 406 valence electrons. The smallest absolute Gasteiger partial charge is 0.305 e.